The fraction of sp³-hybridized carbons (Fsp3) is 0.929. The number of ether oxygens (including phenoxy) is 1. The predicted molar refractivity (Wildman–Crippen MR) is 70.1 cm³/mol. The molecule has 0 bridgehead atoms. The van der Waals surface area contributed by atoms with Crippen molar-refractivity contribution >= 4 is 5.78 Å². The molecular formula is C14H27NO2. The van der Waals surface area contributed by atoms with Crippen LogP contribution in [0.3, 0.4) is 0 Å². The molecule has 0 spiro atoms. The van der Waals surface area contributed by atoms with Crippen LogP contribution in [0.4, 0.5) is 0 Å². The van der Waals surface area contributed by atoms with Crippen molar-refractivity contribution in [1.29, 1.82) is 0 Å². The largest absolute Gasteiger partial charge is 0.380 e. The highest BCUT2D eigenvalue weighted by atomic mass is 16.5. The highest BCUT2D eigenvalue weighted by Crippen LogP contribution is 2.17. The van der Waals surface area contributed by atoms with Crippen LogP contribution in [0.25, 0.3) is 0 Å². The lowest BCUT2D eigenvalue weighted by atomic mass is 9.93. The number of piperidine rings is 1. The Hall–Kier alpha value is -0.410. The molecule has 1 heterocycles. The van der Waals surface area contributed by atoms with E-state index in [9.17, 15) is 4.79 Å². The maximum atomic E-state index is 11.2. The normalized spacial score (nSPS) is 18.8. The third kappa shape index (κ3) is 6.18. The number of rotatable bonds is 7. The maximum Gasteiger partial charge on any atom is 0.133 e. The van der Waals surface area contributed by atoms with E-state index in [-0.39, 0.29) is 0 Å². The second-order valence-electron chi connectivity index (χ2n) is 5.52. The minimum atomic E-state index is 0.313. The van der Waals surface area contributed by atoms with E-state index in [0.717, 1.165) is 58.0 Å². The lowest BCUT2D eigenvalue weighted by Gasteiger charge is -2.30. The van der Waals surface area contributed by atoms with Gasteiger partial charge in [0.05, 0.1) is 6.61 Å². The molecule has 0 radical (unpaired) electrons. The average Bonchev–Trinajstić information content (AvgIpc) is 2.29. The van der Waals surface area contributed by atoms with Crippen LogP contribution in [-0.4, -0.2) is 43.5 Å². The zero-order chi connectivity index (χ0) is 12.7. The summed E-state index contributed by atoms with van der Waals surface area (Å²) in [5.74, 6) is 1.40. The third-order valence-electron chi connectivity index (χ3n) is 3.55. The summed E-state index contributed by atoms with van der Waals surface area (Å²) < 4.78 is 5.61. The Labute approximate surface area is 106 Å². The number of ketones is 1. The minimum Gasteiger partial charge on any atom is -0.380 e. The van der Waals surface area contributed by atoms with Gasteiger partial charge in [-0.2, -0.15) is 0 Å². The number of likely N-dealkylation sites (tertiary alicyclic amines) is 1. The first-order chi connectivity index (χ1) is 8.09. The topological polar surface area (TPSA) is 29.5 Å². The van der Waals surface area contributed by atoms with Gasteiger partial charge in [0.2, 0.25) is 0 Å². The van der Waals surface area contributed by atoms with Crippen LogP contribution < -0.4 is 0 Å². The summed E-state index contributed by atoms with van der Waals surface area (Å²) in [4.78, 5) is 13.6. The van der Waals surface area contributed by atoms with Crippen molar-refractivity contribution < 1.29 is 9.53 Å². The molecule has 0 aromatic rings. The van der Waals surface area contributed by atoms with Gasteiger partial charge in [-0.1, -0.05) is 13.8 Å². The number of Topliss-reactive ketones (excluding diaryl/α,β-unsaturated/α-hetero) is 1. The van der Waals surface area contributed by atoms with Crippen molar-refractivity contribution in [3.8, 4) is 0 Å². The van der Waals surface area contributed by atoms with Gasteiger partial charge in [-0.15, -0.1) is 0 Å². The Morgan fingerprint density at radius 3 is 2.47 bits per heavy atom. The molecule has 1 aliphatic heterocycles. The second kappa shape index (κ2) is 7.83. The van der Waals surface area contributed by atoms with Crippen molar-refractivity contribution in [2.24, 2.45) is 11.8 Å². The Balaban J connectivity index is 2.01. The quantitative estimate of drug-likeness (QED) is 0.641. The molecule has 0 amide bonds. The Bertz CT molecular complexity index is 220. The molecule has 0 saturated carbocycles. The van der Waals surface area contributed by atoms with Gasteiger partial charge in [-0.3, -0.25) is 4.79 Å². The van der Waals surface area contributed by atoms with Gasteiger partial charge in [-0.25, -0.2) is 0 Å². The van der Waals surface area contributed by atoms with Crippen molar-refractivity contribution in [1.82, 2.24) is 4.90 Å². The third-order valence-corrected chi connectivity index (χ3v) is 3.55. The Morgan fingerprint density at radius 2 is 1.94 bits per heavy atom. The van der Waals surface area contributed by atoms with Crippen LogP contribution in [0.2, 0.25) is 0 Å². The van der Waals surface area contributed by atoms with Crippen LogP contribution in [-0.2, 0) is 9.53 Å². The standard InChI is InChI=1S/C14H27NO2/c1-12(2)6-10-17-11-9-15-7-4-14(5-8-15)13(3)16/h12,14H,4-11H2,1-3H3. The van der Waals surface area contributed by atoms with Gasteiger partial charge in [0.15, 0.2) is 0 Å². The molecule has 0 atom stereocenters. The first-order valence-electron chi connectivity index (χ1n) is 6.90. The van der Waals surface area contributed by atoms with Gasteiger partial charge in [0, 0.05) is 19.1 Å². The number of nitrogens with zero attached hydrogens (tertiary/aromatic N) is 1. The number of carbonyl (C=O) groups is 1. The number of hydrogen-bond donors (Lipinski definition) is 0. The van der Waals surface area contributed by atoms with E-state index in [1.807, 2.05) is 0 Å². The molecule has 0 aromatic carbocycles. The van der Waals surface area contributed by atoms with Crippen molar-refractivity contribution in [3.63, 3.8) is 0 Å². The maximum absolute atomic E-state index is 11.2. The molecule has 1 aliphatic rings. The summed E-state index contributed by atoms with van der Waals surface area (Å²) in [5, 5.41) is 0. The lowest BCUT2D eigenvalue weighted by Crippen LogP contribution is -2.37. The van der Waals surface area contributed by atoms with Crippen LogP contribution in [0.15, 0.2) is 0 Å². The highest BCUT2D eigenvalue weighted by molar-refractivity contribution is 5.78. The van der Waals surface area contributed by atoms with Crippen LogP contribution in [0, 0.1) is 11.8 Å². The molecule has 0 unspecified atom stereocenters. The van der Waals surface area contributed by atoms with E-state index in [1.54, 1.807) is 6.92 Å². The number of hydrogen-bond acceptors (Lipinski definition) is 3. The van der Waals surface area contributed by atoms with E-state index in [4.69, 9.17) is 4.74 Å². The summed E-state index contributed by atoms with van der Waals surface area (Å²) in [5.41, 5.74) is 0. The van der Waals surface area contributed by atoms with Gasteiger partial charge >= 0.3 is 0 Å². The summed E-state index contributed by atoms with van der Waals surface area (Å²) in [6.07, 6.45) is 3.20. The fourth-order valence-corrected chi connectivity index (χ4v) is 2.18. The SMILES string of the molecule is CC(=O)C1CCN(CCOCCC(C)C)CC1. The van der Waals surface area contributed by atoms with Crippen molar-refractivity contribution in [3.05, 3.63) is 0 Å². The molecule has 0 aliphatic carbocycles. The Kier molecular flexibility index (Phi) is 6.75. The smallest absolute Gasteiger partial charge is 0.133 e. The van der Waals surface area contributed by atoms with Crippen molar-refractivity contribution in [2.75, 3.05) is 32.8 Å². The van der Waals surface area contributed by atoms with Gasteiger partial charge < -0.3 is 9.64 Å². The molecule has 100 valence electrons. The van der Waals surface area contributed by atoms with E-state index in [1.165, 1.54) is 0 Å². The van der Waals surface area contributed by atoms with Crippen LogP contribution in [0.1, 0.15) is 40.0 Å². The summed E-state index contributed by atoms with van der Waals surface area (Å²) in [6.45, 7) is 11.0. The highest BCUT2D eigenvalue weighted by Gasteiger charge is 2.21. The first kappa shape index (κ1) is 14.7. The summed E-state index contributed by atoms with van der Waals surface area (Å²) in [7, 11) is 0. The van der Waals surface area contributed by atoms with Gasteiger partial charge in [0.25, 0.3) is 0 Å². The van der Waals surface area contributed by atoms with E-state index < -0.39 is 0 Å². The van der Waals surface area contributed by atoms with Gasteiger partial charge in [-0.05, 0) is 45.2 Å². The molecule has 1 saturated heterocycles. The zero-order valence-corrected chi connectivity index (χ0v) is 11.6. The fourth-order valence-electron chi connectivity index (χ4n) is 2.18. The molecule has 0 N–H and O–H groups in total. The molecule has 1 rings (SSSR count). The molecule has 0 aromatic heterocycles. The molecule has 1 fully saturated rings. The van der Waals surface area contributed by atoms with Gasteiger partial charge in [0.1, 0.15) is 5.78 Å². The summed E-state index contributed by atoms with van der Waals surface area (Å²) in [6, 6.07) is 0. The molecular weight excluding hydrogens is 214 g/mol. The molecule has 3 heteroatoms. The second-order valence-corrected chi connectivity index (χ2v) is 5.52. The monoisotopic (exact) mass is 241 g/mol. The first-order valence-corrected chi connectivity index (χ1v) is 6.90. The zero-order valence-electron chi connectivity index (χ0n) is 11.6. The Morgan fingerprint density at radius 1 is 1.29 bits per heavy atom. The number of carbonyl (C=O) groups excluding carboxylic acids is 1. The van der Waals surface area contributed by atoms with E-state index >= 15 is 0 Å². The predicted octanol–water partition coefficient (Wildman–Crippen LogP) is 2.35. The molecule has 3 nitrogen and oxygen atoms in total. The van der Waals surface area contributed by atoms with Crippen LogP contribution >= 0.6 is 0 Å². The van der Waals surface area contributed by atoms with E-state index in [2.05, 4.69) is 18.7 Å². The lowest BCUT2D eigenvalue weighted by molar-refractivity contribution is -0.122. The van der Waals surface area contributed by atoms with E-state index in [0.29, 0.717) is 11.7 Å². The van der Waals surface area contributed by atoms with Crippen molar-refractivity contribution in [2.45, 2.75) is 40.0 Å². The van der Waals surface area contributed by atoms with Crippen LogP contribution in [0.5, 0.6) is 0 Å². The summed E-state index contributed by atoms with van der Waals surface area (Å²) >= 11 is 0. The molecule has 17 heavy (non-hydrogen) atoms. The average molecular weight is 241 g/mol. The minimum absolute atomic E-state index is 0.313.